The van der Waals surface area contributed by atoms with Gasteiger partial charge < -0.3 is 0 Å². The molecular weight excluding hydrogens is 220 g/mol. The quantitative estimate of drug-likeness (QED) is 0.563. The van der Waals surface area contributed by atoms with Gasteiger partial charge in [0.2, 0.25) is 0 Å². The molecule has 2 heteroatoms. The third-order valence-corrected chi connectivity index (χ3v) is 3.30. The highest BCUT2D eigenvalue weighted by atomic mass is 32.2. The SMILES string of the molecule is CSC(=S)/C(=C\C(C)C)c1ccccc1. The molecule has 0 amide bonds. The fourth-order valence-electron chi connectivity index (χ4n) is 1.34. The smallest absolute Gasteiger partial charge is 0.0778 e. The van der Waals surface area contributed by atoms with Crippen LogP contribution in [0.4, 0.5) is 0 Å². The highest BCUT2D eigenvalue weighted by Gasteiger charge is 2.06. The summed E-state index contributed by atoms with van der Waals surface area (Å²) in [7, 11) is 0. The molecule has 1 rings (SSSR count). The van der Waals surface area contributed by atoms with Crippen LogP contribution in [0.15, 0.2) is 36.4 Å². The molecule has 1 aromatic rings. The van der Waals surface area contributed by atoms with Crippen molar-refractivity contribution in [2.75, 3.05) is 6.26 Å². The molecule has 0 heterocycles. The maximum atomic E-state index is 5.37. The molecule has 15 heavy (non-hydrogen) atoms. The zero-order valence-corrected chi connectivity index (χ0v) is 11.0. The van der Waals surface area contributed by atoms with Crippen molar-refractivity contribution in [3.63, 3.8) is 0 Å². The summed E-state index contributed by atoms with van der Waals surface area (Å²) in [6.07, 6.45) is 4.26. The van der Waals surface area contributed by atoms with Gasteiger partial charge in [-0.3, -0.25) is 0 Å². The van der Waals surface area contributed by atoms with Crippen LogP contribution in [0.1, 0.15) is 19.4 Å². The van der Waals surface area contributed by atoms with Crippen molar-refractivity contribution in [3.05, 3.63) is 42.0 Å². The van der Waals surface area contributed by atoms with Crippen molar-refractivity contribution < 1.29 is 0 Å². The fourth-order valence-corrected chi connectivity index (χ4v) is 1.93. The first kappa shape index (κ1) is 12.5. The van der Waals surface area contributed by atoms with Gasteiger partial charge in [0.1, 0.15) is 0 Å². The summed E-state index contributed by atoms with van der Waals surface area (Å²) >= 11 is 7.00. The van der Waals surface area contributed by atoms with Crippen LogP contribution in [-0.4, -0.2) is 10.5 Å². The third-order valence-electron chi connectivity index (χ3n) is 1.99. The number of thioether (sulfide) groups is 1. The molecule has 0 spiro atoms. The van der Waals surface area contributed by atoms with Gasteiger partial charge in [0.15, 0.2) is 0 Å². The minimum Gasteiger partial charge on any atom is -0.117 e. The lowest BCUT2D eigenvalue weighted by molar-refractivity contribution is 0.835. The van der Waals surface area contributed by atoms with Crippen LogP contribution in [0.25, 0.3) is 5.57 Å². The number of thiocarbonyl (C=S) groups is 1. The molecule has 0 N–H and O–H groups in total. The molecule has 0 saturated heterocycles. The molecule has 0 aliphatic heterocycles. The molecule has 0 aliphatic carbocycles. The molecule has 80 valence electrons. The molecular formula is C13H16S2. The monoisotopic (exact) mass is 236 g/mol. The molecule has 1 aromatic carbocycles. The largest absolute Gasteiger partial charge is 0.117 e. The summed E-state index contributed by atoms with van der Waals surface area (Å²) in [6, 6.07) is 10.3. The Labute approximate surface area is 102 Å². The maximum Gasteiger partial charge on any atom is 0.0778 e. The van der Waals surface area contributed by atoms with E-state index in [9.17, 15) is 0 Å². The van der Waals surface area contributed by atoms with Crippen LogP contribution in [0.2, 0.25) is 0 Å². The van der Waals surface area contributed by atoms with Crippen LogP contribution in [0, 0.1) is 5.92 Å². The predicted molar refractivity (Wildman–Crippen MR) is 75.4 cm³/mol. The minimum absolute atomic E-state index is 0.519. The van der Waals surface area contributed by atoms with E-state index in [-0.39, 0.29) is 0 Å². The van der Waals surface area contributed by atoms with E-state index in [4.69, 9.17) is 12.2 Å². The van der Waals surface area contributed by atoms with Gasteiger partial charge in [-0.2, -0.15) is 0 Å². The molecule has 0 nitrogen and oxygen atoms in total. The minimum atomic E-state index is 0.519. The maximum absolute atomic E-state index is 5.37. The second-order valence-electron chi connectivity index (χ2n) is 3.68. The average molecular weight is 236 g/mol. The number of allylic oxidation sites excluding steroid dienone is 1. The zero-order chi connectivity index (χ0) is 11.3. The Morgan fingerprint density at radius 2 is 1.87 bits per heavy atom. The summed E-state index contributed by atoms with van der Waals surface area (Å²) in [4.78, 5) is 0. The third kappa shape index (κ3) is 3.80. The first-order chi connectivity index (χ1) is 7.15. The molecule has 0 aliphatic rings. The second kappa shape index (κ2) is 6.09. The van der Waals surface area contributed by atoms with E-state index in [1.54, 1.807) is 11.8 Å². The van der Waals surface area contributed by atoms with E-state index < -0.39 is 0 Å². The van der Waals surface area contributed by atoms with Gasteiger partial charge in [-0.25, -0.2) is 0 Å². The molecule has 0 saturated carbocycles. The predicted octanol–water partition coefficient (Wildman–Crippen LogP) is 4.42. The topological polar surface area (TPSA) is 0 Å². The second-order valence-corrected chi connectivity index (χ2v) is 5.17. The number of hydrogen-bond acceptors (Lipinski definition) is 2. The van der Waals surface area contributed by atoms with Crippen molar-refractivity contribution in [1.82, 2.24) is 0 Å². The lowest BCUT2D eigenvalue weighted by atomic mass is 10.0. The van der Waals surface area contributed by atoms with Gasteiger partial charge in [-0.15, -0.1) is 11.8 Å². The van der Waals surface area contributed by atoms with Crippen molar-refractivity contribution >= 4 is 33.7 Å². The van der Waals surface area contributed by atoms with Gasteiger partial charge in [-0.05, 0) is 17.7 Å². The first-order valence-electron chi connectivity index (χ1n) is 5.00. The summed E-state index contributed by atoms with van der Waals surface area (Å²) < 4.78 is 0.968. The Hall–Kier alpha value is -0.600. The van der Waals surface area contributed by atoms with Crippen LogP contribution < -0.4 is 0 Å². The van der Waals surface area contributed by atoms with Crippen LogP contribution in [0.3, 0.4) is 0 Å². The van der Waals surface area contributed by atoms with Crippen molar-refractivity contribution in [3.8, 4) is 0 Å². The van der Waals surface area contributed by atoms with Gasteiger partial charge in [0.05, 0.1) is 4.20 Å². The van der Waals surface area contributed by atoms with Crippen LogP contribution in [0.5, 0.6) is 0 Å². The summed E-state index contributed by atoms with van der Waals surface area (Å²) in [5.74, 6) is 0.519. The summed E-state index contributed by atoms with van der Waals surface area (Å²) in [5, 5.41) is 0. The van der Waals surface area contributed by atoms with E-state index in [0.29, 0.717) is 5.92 Å². The Kier molecular flexibility index (Phi) is 5.06. The van der Waals surface area contributed by atoms with Crippen LogP contribution >= 0.6 is 24.0 Å². The van der Waals surface area contributed by atoms with E-state index >= 15 is 0 Å². The fraction of sp³-hybridized carbons (Fsp3) is 0.308. The van der Waals surface area contributed by atoms with Crippen LogP contribution in [-0.2, 0) is 0 Å². The Bertz CT molecular complexity index is 350. The standard InChI is InChI=1S/C13H16S2/c1-10(2)9-12(13(14)15-3)11-7-5-4-6-8-11/h4-10H,1-3H3/b12-9-. The lowest BCUT2D eigenvalue weighted by Crippen LogP contribution is -1.96. The van der Waals surface area contributed by atoms with Gasteiger partial charge in [0, 0.05) is 5.57 Å². The number of benzene rings is 1. The van der Waals surface area contributed by atoms with Gasteiger partial charge in [-0.1, -0.05) is 62.5 Å². The Balaban J connectivity index is 3.08. The van der Waals surface area contributed by atoms with Gasteiger partial charge >= 0.3 is 0 Å². The van der Waals surface area contributed by atoms with Crippen molar-refractivity contribution in [2.24, 2.45) is 5.92 Å². The summed E-state index contributed by atoms with van der Waals surface area (Å²) in [6.45, 7) is 4.34. The zero-order valence-electron chi connectivity index (χ0n) is 9.36. The molecule has 0 unspecified atom stereocenters. The van der Waals surface area contributed by atoms with E-state index in [2.05, 4.69) is 32.1 Å². The van der Waals surface area contributed by atoms with Gasteiger partial charge in [0.25, 0.3) is 0 Å². The number of hydrogen-bond donors (Lipinski definition) is 0. The van der Waals surface area contributed by atoms with E-state index in [0.717, 1.165) is 4.20 Å². The molecule has 0 fully saturated rings. The molecule has 0 bridgehead atoms. The average Bonchev–Trinajstić information content (AvgIpc) is 2.26. The number of rotatable bonds is 3. The Morgan fingerprint density at radius 3 is 2.33 bits per heavy atom. The highest BCUT2D eigenvalue weighted by molar-refractivity contribution is 8.24. The molecule has 0 atom stereocenters. The first-order valence-corrected chi connectivity index (χ1v) is 6.64. The lowest BCUT2D eigenvalue weighted by Gasteiger charge is -2.09. The summed E-state index contributed by atoms with van der Waals surface area (Å²) in [5.41, 5.74) is 2.40. The normalized spacial score (nSPS) is 11.9. The molecule has 0 aromatic heterocycles. The molecule has 0 radical (unpaired) electrons. The highest BCUT2D eigenvalue weighted by Crippen LogP contribution is 2.23. The van der Waals surface area contributed by atoms with Crippen molar-refractivity contribution in [1.29, 1.82) is 0 Å². The Morgan fingerprint density at radius 1 is 1.27 bits per heavy atom. The van der Waals surface area contributed by atoms with E-state index in [1.165, 1.54) is 11.1 Å². The van der Waals surface area contributed by atoms with Crippen molar-refractivity contribution in [2.45, 2.75) is 13.8 Å². The van der Waals surface area contributed by atoms with E-state index in [1.807, 2.05) is 24.5 Å².